The smallest absolute Gasteiger partial charge is 0.241 e. The Balaban J connectivity index is 2.00. The first-order valence-corrected chi connectivity index (χ1v) is 9.62. The van der Waals surface area contributed by atoms with Crippen molar-refractivity contribution >= 4 is 32.4 Å². The van der Waals surface area contributed by atoms with Crippen LogP contribution in [0.4, 0.5) is 0 Å². The number of ether oxygens (including phenoxy) is 1. The predicted molar refractivity (Wildman–Crippen MR) is 101 cm³/mol. The Bertz CT molecular complexity index is 1010. The standard InChI is InChI=1S/C19H18ClNO3S/c1-13(15-8-3-9-16(12-15)24-2)21-25(22,23)18-11-5-7-14-6-4-10-17(20)19(14)18/h3-13,21H,1-2H3. The van der Waals surface area contributed by atoms with Crippen molar-refractivity contribution in [1.29, 1.82) is 0 Å². The maximum Gasteiger partial charge on any atom is 0.241 e. The molecule has 1 unspecified atom stereocenters. The van der Waals surface area contributed by atoms with Crippen molar-refractivity contribution in [2.45, 2.75) is 17.9 Å². The first-order valence-electron chi connectivity index (χ1n) is 7.76. The summed E-state index contributed by atoms with van der Waals surface area (Å²) in [4.78, 5) is 0.172. The summed E-state index contributed by atoms with van der Waals surface area (Å²) < 4.78 is 33.8. The van der Waals surface area contributed by atoms with Gasteiger partial charge < -0.3 is 4.74 Å². The van der Waals surface area contributed by atoms with Crippen molar-refractivity contribution in [1.82, 2.24) is 4.72 Å². The van der Waals surface area contributed by atoms with E-state index in [0.717, 1.165) is 10.9 Å². The zero-order valence-corrected chi connectivity index (χ0v) is 15.4. The molecule has 3 aromatic carbocycles. The van der Waals surface area contributed by atoms with Crippen molar-refractivity contribution in [3.8, 4) is 5.75 Å². The second kappa shape index (κ2) is 7.04. The van der Waals surface area contributed by atoms with Crippen LogP contribution in [0.25, 0.3) is 10.8 Å². The summed E-state index contributed by atoms with van der Waals surface area (Å²) in [7, 11) is -2.18. The van der Waals surface area contributed by atoms with Crippen LogP contribution in [0.2, 0.25) is 5.02 Å². The Morgan fingerprint density at radius 1 is 1.04 bits per heavy atom. The third-order valence-electron chi connectivity index (χ3n) is 4.03. The van der Waals surface area contributed by atoms with Gasteiger partial charge in [0.1, 0.15) is 5.75 Å². The van der Waals surface area contributed by atoms with E-state index in [0.29, 0.717) is 16.2 Å². The summed E-state index contributed by atoms with van der Waals surface area (Å²) in [6.45, 7) is 1.79. The first kappa shape index (κ1) is 17.7. The summed E-state index contributed by atoms with van der Waals surface area (Å²) in [6, 6.07) is 17.3. The number of hydrogen-bond donors (Lipinski definition) is 1. The fourth-order valence-electron chi connectivity index (χ4n) is 2.76. The van der Waals surface area contributed by atoms with Gasteiger partial charge in [-0.15, -0.1) is 0 Å². The highest BCUT2D eigenvalue weighted by atomic mass is 35.5. The molecule has 0 heterocycles. The molecular weight excluding hydrogens is 358 g/mol. The normalized spacial score (nSPS) is 12.9. The van der Waals surface area contributed by atoms with E-state index < -0.39 is 16.1 Å². The Morgan fingerprint density at radius 2 is 1.72 bits per heavy atom. The Labute approximate surface area is 152 Å². The van der Waals surface area contributed by atoms with E-state index in [1.165, 1.54) is 0 Å². The molecule has 0 aliphatic rings. The van der Waals surface area contributed by atoms with Crippen LogP contribution in [0.1, 0.15) is 18.5 Å². The molecule has 0 fully saturated rings. The SMILES string of the molecule is COc1cccc(C(C)NS(=O)(=O)c2cccc3cccc(Cl)c23)c1. The molecule has 0 aromatic heterocycles. The molecule has 1 atom stereocenters. The average molecular weight is 376 g/mol. The van der Waals surface area contributed by atoms with E-state index in [-0.39, 0.29) is 4.90 Å². The fourth-order valence-corrected chi connectivity index (χ4v) is 4.58. The number of hydrogen-bond acceptors (Lipinski definition) is 3. The van der Waals surface area contributed by atoms with Crippen molar-refractivity contribution in [3.63, 3.8) is 0 Å². The number of fused-ring (bicyclic) bond motifs is 1. The molecule has 6 heteroatoms. The average Bonchev–Trinajstić information content (AvgIpc) is 2.61. The molecule has 25 heavy (non-hydrogen) atoms. The van der Waals surface area contributed by atoms with Gasteiger partial charge >= 0.3 is 0 Å². The number of sulfonamides is 1. The van der Waals surface area contributed by atoms with Gasteiger partial charge in [0.2, 0.25) is 10.0 Å². The molecule has 0 saturated carbocycles. The van der Waals surface area contributed by atoms with Crippen molar-refractivity contribution in [3.05, 3.63) is 71.2 Å². The Kier molecular flexibility index (Phi) is 4.99. The third kappa shape index (κ3) is 3.63. The highest BCUT2D eigenvalue weighted by Crippen LogP contribution is 2.30. The van der Waals surface area contributed by atoms with E-state index in [1.807, 2.05) is 36.4 Å². The van der Waals surface area contributed by atoms with Crippen LogP contribution in [-0.2, 0) is 10.0 Å². The van der Waals surface area contributed by atoms with Gasteiger partial charge in [-0.1, -0.05) is 48.0 Å². The highest BCUT2D eigenvalue weighted by Gasteiger charge is 2.22. The summed E-state index contributed by atoms with van der Waals surface area (Å²) in [5, 5.41) is 1.72. The van der Waals surface area contributed by atoms with Gasteiger partial charge in [-0.2, -0.15) is 0 Å². The molecule has 0 amide bonds. The van der Waals surface area contributed by atoms with Gasteiger partial charge in [0.25, 0.3) is 0 Å². The van der Waals surface area contributed by atoms with Crippen LogP contribution in [0.5, 0.6) is 5.75 Å². The molecular formula is C19H18ClNO3S. The second-order valence-corrected chi connectivity index (χ2v) is 7.80. The van der Waals surface area contributed by atoms with Crippen LogP contribution >= 0.6 is 11.6 Å². The molecule has 0 saturated heterocycles. The van der Waals surface area contributed by atoms with E-state index in [9.17, 15) is 8.42 Å². The van der Waals surface area contributed by atoms with Gasteiger partial charge in [-0.3, -0.25) is 0 Å². The minimum atomic E-state index is -3.75. The summed E-state index contributed by atoms with van der Waals surface area (Å²) >= 11 is 6.25. The highest BCUT2D eigenvalue weighted by molar-refractivity contribution is 7.89. The van der Waals surface area contributed by atoms with Crippen LogP contribution in [-0.4, -0.2) is 15.5 Å². The maximum atomic E-state index is 12.9. The number of nitrogens with one attached hydrogen (secondary N) is 1. The quantitative estimate of drug-likeness (QED) is 0.712. The van der Waals surface area contributed by atoms with Crippen molar-refractivity contribution < 1.29 is 13.2 Å². The lowest BCUT2D eigenvalue weighted by Gasteiger charge is -2.17. The number of benzene rings is 3. The molecule has 1 N–H and O–H groups in total. The summed E-state index contributed by atoms with van der Waals surface area (Å²) in [6.07, 6.45) is 0. The first-order chi connectivity index (χ1) is 11.9. The van der Waals surface area contributed by atoms with Gasteiger partial charge in [0.05, 0.1) is 12.0 Å². The monoisotopic (exact) mass is 375 g/mol. The fraction of sp³-hybridized carbons (Fsp3) is 0.158. The van der Waals surface area contributed by atoms with E-state index >= 15 is 0 Å². The van der Waals surface area contributed by atoms with Gasteiger partial charge in [0.15, 0.2) is 0 Å². The van der Waals surface area contributed by atoms with Crippen LogP contribution < -0.4 is 9.46 Å². The lowest BCUT2D eigenvalue weighted by Crippen LogP contribution is -2.27. The molecule has 3 aromatic rings. The molecule has 0 spiro atoms. The summed E-state index contributed by atoms with van der Waals surface area (Å²) in [5.41, 5.74) is 0.814. The minimum absolute atomic E-state index is 0.172. The van der Waals surface area contributed by atoms with Gasteiger partial charge in [-0.05, 0) is 42.1 Å². The number of methoxy groups -OCH3 is 1. The maximum absolute atomic E-state index is 12.9. The van der Waals surface area contributed by atoms with Crippen LogP contribution in [0, 0.1) is 0 Å². The van der Waals surface area contributed by atoms with Crippen molar-refractivity contribution in [2.75, 3.05) is 7.11 Å². The lowest BCUT2D eigenvalue weighted by atomic mass is 10.1. The minimum Gasteiger partial charge on any atom is -0.497 e. The zero-order valence-electron chi connectivity index (χ0n) is 13.9. The lowest BCUT2D eigenvalue weighted by molar-refractivity contribution is 0.413. The number of halogens is 1. The van der Waals surface area contributed by atoms with Crippen LogP contribution in [0.3, 0.4) is 0 Å². The number of rotatable bonds is 5. The van der Waals surface area contributed by atoms with E-state index in [2.05, 4.69) is 4.72 Å². The zero-order chi connectivity index (χ0) is 18.0. The van der Waals surface area contributed by atoms with Crippen LogP contribution in [0.15, 0.2) is 65.6 Å². The van der Waals surface area contributed by atoms with Gasteiger partial charge in [0, 0.05) is 16.5 Å². The summed E-state index contributed by atoms with van der Waals surface area (Å²) in [5.74, 6) is 0.678. The molecule has 3 rings (SSSR count). The topological polar surface area (TPSA) is 55.4 Å². The Hall–Kier alpha value is -2.08. The van der Waals surface area contributed by atoms with Gasteiger partial charge in [-0.25, -0.2) is 13.1 Å². The molecule has 0 radical (unpaired) electrons. The third-order valence-corrected chi connectivity index (χ3v) is 5.93. The van der Waals surface area contributed by atoms with Crippen molar-refractivity contribution in [2.24, 2.45) is 0 Å². The largest absolute Gasteiger partial charge is 0.497 e. The molecule has 130 valence electrons. The molecule has 0 bridgehead atoms. The predicted octanol–water partition coefficient (Wildman–Crippen LogP) is 4.54. The second-order valence-electron chi connectivity index (χ2n) is 5.71. The molecule has 0 aliphatic carbocycles. The van der Waals surface area contributed by atoms with E-state index in [4.69, 9.17) is 16.3 Å². The molecule has 0 aliphatic heterocycles. The molecule has 4 nitrogen and oxygen atoms in total. The van der Waals surface area contributed by atoms with E-state index in [1.54, 1.807) is 38.3 Å². The Morgan fingerprint density at radius 3 is 2.44 bits per heavy atom.